The molecule has 1 aliphatic rings. The second-order valence-corrected chi connectivity index (χ2v) is 5.68. The van der Waals surface area contributed by atoms with Gasteiger partial charge in [0.05, 0.1) is 13.2 Å². The molecule has 21 heavy (non-hydrogen) atoms. The molecule has 116 valence electrons. The molecule has 1 aromatic carbocycles. The lowest BCUT2D eigenvalue weighted by Gasteiger charge is -2.23. The summed E-state index contributed by atoms with van der Waals surface area (Å²) in [7, 11) is 0. The van der Waals surface area contributed by atoms with E-state index in [0.29, 0.717) is 18.5 Å². The number of nitrogens with one attached hydrogen (secondary N) is 1. The van der Waals surface area contributed by atoms with Crippen molar-refractivity contribution in [2.75, 3.05) is 6.61 Å². The summed E-state index contributed by atoms with van der Waals surface area (Å²) in [6.07, 6.45) is 7.36. The third kappa shape index (κ3) is 5.66. The number of nitrogens with two attached hydrogens (primary N) is 1. The lowest BCUT2D eigenvalue weighted by Crippen LogP contribution is -2.41. The summed E-state index contributed by atoms with van der Waals surface area (Å²) in [5.41, 5.74) is 7.10. The van der Waals surface area contributed by atoms with E-state index in [1.807, 2.05) is 18.2 Å². The fraction of sp³-hybridized carbons (Fsp3) is 0.588. The van der Waals surface area contributed by atoms with Gasteiger partial charge in [0.2, 0.25) is 0 Å². The number of hydrogen-bond donors (Lipinski definition) is 2. The highest BCUT2D eigenvalue weighted by Gasteiger charge is 2.13. The fourth-order valence-corrected chi connectivity index (χ4v) is 2.63. The number of guanidine groups is 1. The Balaban J connectivity index is 1.83. The maximum atomic E-state index is 5.98. The molecular formula is C17H27N3O. The average Bonchev–Trinajstić information content (AvgIpc) is 2.52. The first-order chi connectivity index (χ1) is 10.3. The molecule has 0 unspecified atom stereocenters. The molecule has 1 saturated carbocycles. The first-order valence-electron chi connectivity index (χ1n) is 8.06. The first-order valence-corrected chi connectivity index (χ1v) is 8.06. The van der Waals surface area contributed by atoms with Gasteiger partial charge in [-0.25, -0.2) is 4.99 Å². The minimum atomic E-state index is 0.502. The predicted octanol–water partition coefficient (Wildman–Crippen LogP) is 3.21. The van der Waals surface area contributed by atoms with E-state index >= 15 is 0 Å². The summed E-state index contributed by atoms with van der Waals surface area (Å²) >= 11 is 0. The average molecular weight is 289 g/mol. The summed E-state index contributed by atoms with van der Waals surface area (Å²) in [6.45, 7) is 3.44. The maximum absolute atomic E-state index is 5.98. The van der Waals surface area contributed by atoms with Gasteiger partial charge in [-0.15, -0.1) is 0 Å². The SMILES string of the molecule is CCCOc1cccc(CN=C(N)NC2CCCCC2)c1. The summed E-state index contributed by atoms with van der Waals surface area (Å²) < 4.78 is 5.63. The van der Waals surface area contributed by atoms with Crippen molar-refractivity contribution in [2.45, 2.75) is 58.0 Å². The van der Waals surface area contributed by atoms with E-state index in [1.165, 1.54) is 32.1 Å². The molecule has 0 saturated heterocycles. The molecular weight excluding hydrogens is 262 g/mol. The van der Waals surface area contributed by atoms with E-state index in [0.717, 1.165) is 24.3 Å². The van der Waals surface area contributed by atoms with Gasteiger partial charge in [0.15, 0.2) is 5.96 Å². The highest BCUT2D eigenvalue weighted by molar-refractivity contribution is 5.78. The normalized spacial score (nSPS) is 16.7. The molecule has 0 atom stereocenters. The Morgan fingerprint density at radius 2 is 2.14 bits per heavy atom. The molecule has 0 bridgehead atoms. The standard InChI is InChI=1S/C17H27N3O/c1-2-11-21-16-10-6-7-14(12-16)13-19-17(18)20-15-8-4-3-5-9-15/h6-7,10,12,15H,2-5,8-9,11,13H2,1H3,(H3,18,19,20). The Morgan fingerprint density at radius 3 is 2.90 bits per heavy atom. The van der Waals surface area contributed by atoms with Crippen molar-refractivity contribution in [2.24, 2.45) is 10.7 Å². The quantitative estimate of drug-likeness (QED) is 0.624. The molecule has 0 aromatic heterocycles. The van der Waals surface area contributed by atoms with Crippen LogP contribution in [0.25, 0.3) is 0 Å². The van der Waals surface area contributed by atoms with E-state index in [2.05, 4.69) is 23.3 Å². The Kier molecular flexibility index (Phi) is 6.38. The minimum Gasteiger partial charge on any atom is -0.494 e. The van der Waals surface area contributed by atoms with Crippen LogP contribution in [-0.4, -0.2) is 18.6 Å². The van der Waals surface area contributed by atoms with E-state index in [9.17, 15) is 0 Å². The van der Waals surface area contributed by atoms with Gasteiger partial charge in [0, 0.05) is 6.04 Å². The maximum Gasteiger partial charge on any atom is 0.189 e. The molecule has 1 aliphatic carbocycles. The van der Waals surface area contributed by atoms with Gasteiger partial charge in [-0.3, -0.25) is 0 Å². The lowest BCUT2D eigenvalue weighted by atomic mass is 9.96. The van der Waals surface area contributed by atoms with E-state index in [-0.39, 0.29) is 0 Å². The zero-order chi connectivity index (χ0) is 14.9. The van der Waals surface area contributed by atoms with Gasteiger partial charge in [-0.1, -0.05) is 38.3 Å². The van der Waals surface area contributed by atoms with Crippen molar-refractivity contribution in [3.05, 3.63) is 29.8 Å². The van der Waals surface area contributed by atoms with Gasteiger partial charge in [0.25, 0.3) is 0 Å². The van der Waals surface area contributed by atoms with Gasteiger partial charge < -0.3 is 15.8 Å². The van der Waals surface area contributed by atoms with Crippen LogP contribution in [0.1, 0.15) is 51.0 Å². The van der Waals surface area contributed by atoms with Crippen molar-refractivity contribution in [1.82, 2.24) is 5.32 Å². The molecule has 0 heterocycles. The van der Waals surface area contributed by atoms with Gasteiger partial charge in [0.1, 0.15) is 5.75 Å². The molecule has 1 aromatic rings. The van der Waals surface area contributed by atoms with E-state index in [1.54, 1.807) is 0 Å². The molecule has 2 rings (SSSR count). The van der Waals surface area contributed by atoms with Crippen LogP contribution < -0.4 is 15.8 Å². The Labute approximate surface area is 127 Å². The number of hydrogen-bond acceptors (Lipinski definition) is 2. The predicted molar refractivity (Wildman–Crippen MR) is 87.6 cm³/mol. The molecule has 0 amide bonds. The topological polar surface area (TPSA) is 59.6 Å². The van der Waals surface area contributed by atoms with Crippen molar-refractivity contribution < 1.29 is 4.74 Å². The molecule has 4 nitrogen and oxygen atoms in total. The largest absolute Gasteiger partial charge is 0.494 e. The van der Waals surface area contributed by atoms with E-state index in [4.69, 9.17) is 10.5 Å². The monoisotopic (exact) mass is 289 g/mol. The number of ether oxygens (including phenoxy) is 1. The summed E-state index contributed by atoms with van der Waals surface area (Å²) in [5.74, 6) is 1.46. The summed E-state index contributed by atoms with van der Waals surface area (Å²) in [4.78, 5) is 4.44. The van der Waals surface area contributed by atoms with Crippen molar-refractivity contribution in [1.29, 1.82) is 0 Å². The van der Waals surface area contributed by atoms with Gasteiger partial charge >= 0.3 is 0 Å². The number of rotatable bonds is 6. The van der Waals surface area contributed by atoms with Crippen LogP contribution >= 0.6 is 0 Å². The Bertz CT molecular complexity index is 453. The minimum absolute atomic E-state index is 0.502. The van der Waals surface area contributed by atoms with Gasteiger partial charge in [-0.2, -0.15) is 0 Å². The third-order valence-electron chi connectivity index (χ3n) is 3.76. The number of benzene rings is 1. The molecule has 1 fully saturated rings. The number of aliphatic imine (C=N–C) groups is 1. The van der Waals surface area contributed by atoms with Crippen molar-refractivity contribution in [3.8, 4) is 5.75 Å². The van der Waals surface area contributed by atoms with Crippen molar-refractivity contribution >= 4 is 5.96 Å². The summed E-state index contributed by atoms with van der Waals surface area (Å²) in [6, 6.07) is 8.57. The smallest absolute Gasteiger partial charge is 0.189 e. The van der Waals surface area contributed by atoms with Crippen LogP contribution in [0.3, 0.4) is 0 Å². The van der Waals surface area contributed by atoms with Crippen LogP contribution in [0.4, 0.5) is 0 Å². The second-order valence-electron chi connectivity index (χ2n) is 5.68. The van der Waals surface area contributed by atoms with Crippen molar-refractivity contribution in [3.63, 3.8) is 0 Å². The van der Waals surface area contributed by atoms with E-state index < -0.39 is 0 Å². The zero-order valence-electron chi connectivity index (χ0n) is 13.0. The molecule has 0 radical (unpaired) electrons. The fourth-order valence-electron chi connectivity index (χ4n) is 2.63. The van der Waals surface area contributed by atoms with Crippen LogP contribution in [0.2, 0.25) is 0 Å². The number of nitrogens with zero attached hydrogens (tertiary/aromatic N) is 1. The highest BCUT2D eigenvalue weighted by atomic mass is 16.5. The zero-order valence-corrected chi connectivity index (χ0v) is 13.0. The Morgan fingerprint density at radius 1 is 1.33 bits per heavy atom. The first kappa shape index (κ1) is 15.7. The lowest BCUT2D eigenvalue weighted by molar-refractivity contribution is 0.317. The van der Waals surface area contributed by atoms with Gasteiger partial charge in [-0.05, 0) is 37.0 Å². The van der Waals surface area contributed by atoms with Crippen LogP contribution in [0, 0.1) is 0 Å². The molecule has 0 aliphatic heterocycles. The van der Waals surface area contributed by atoms with Crippen LogP contribution in [0.15, 0.2) is 29.3 Å². The molecule has 0 spiro atoms. The summed E-state index contributed by atoms with van der Waals surface area (Å²) in [5, 5.41) is 3.33. The second kappa shape index (κ2) is 8.55. The van der Waals surface area contributed by atoms with Crippen LogP contribution in [0.5, 0.6) is 5.75 Å². The third-order valence-corrected chi connectivity index (χ3v) is 3.76. The highest BCUT2D eigenvalue weighted by Crippen LogP contribution is 2.17. The molecule has 3 N–H and O–H groups in total. The van der Waals surface area contributed by atoms with Crippen LogP contribution in [-0.2, 0) is 6.54 Å². The Hall–Kier alpha value is -1.71. The molecule has 4 heteroatoms.